The van der Waals surface area contributed by atoms with Gasteiger partial charge in [-0.25, -0.2) is 0 Å². The summed E-state index contributed by atoms with van der Waals surface area (Å²) in [6.45, 7) is 3.20. The Morgan fingerprint density at radius 3 is 3.00 bits per heavy atom. The molecule has 0 aliphatic carbocycles. The van der Waals surface area contributed by atoms with E-state index in [1.807, 2.05) is 18.4 Å². The van der Waals surface area contributed by atoms with Gasteiger partial charge in [-0.15, -0.1) is 11.3 Å². The SMILES string of the molecule is CC(CCCN)C(=O)NCc1cc(Br)cs1. The first kappa shape index (κ1) is 13.7. The molecule has 0 fully saturated rings. The molecule has 1 aromatic heterocycles. The van der Waals surface area contributed by atoms with Gasteiger partial charge in [-0.1, -0.05) is 6.92 Å². The van der Waals surface area contributed by atoms with Crippen molar-refractivity contribution in [1.82, 2.24) is 5.32 Å². The highest BCUT2D eigenvalue weighted by Crippen LogP contribution is 2.19. The Hall–Kier alpha value is -0.390. The van der Waals surface area contributed by atoms with Crippen LogP contribution in [0.2, 0.25) is 0 Å². The Bertz CT molecular complexity index is 340. The van der Waals surface area contributed by atoms with E-state index >= 15 is 0 Å². The van der Waals surface area contributed by atoms with Crippen LogP contribution in [-0.2, 0) is 11.3 Å². The predicted octanol–water partition coefficient (Wildman–Crippen LogP) is 2.50. The van der Waals surface area contributed by atoms with E-state index in [0.717, 1.165) is 22.2 Å². The number of amides is 1. The number of nitrogens with two attached hydrogens (primary N) is 1. The van der Waals surface area contributed by atoms with E-state index in [2.05, 4.69) is 21.2 Å². The number of hydrogen-bond acceptors (Lipinski definition) is 3. The lowest BCUT2D eigenvalue weighted by molar-refractivity contribution is -0.124. The van der Waals surface area contributed by atoms with Crippen molar-refractivity contribution in [2.45, 2.75) is 26.3 Å². The summed E-state index contributed by atoms with van der Waals surface area (Å²) >= 11 is 5.03. The molecule has 5 heteroatoms. The average Bonchev–Trinajstić information content (AvgIpc) is 2.68. The van der Waals surface area contributed by atoms with Gasteiger partial charge in [0.1, 0.15) is 0 Å². The third-order valence-corrected chi connectivity index (χ3v) is 4.05. The monoisotopic (exact) mass is 304 g/mol. The molecular formula is C11H17BrN2OS. The van der Waals surface area contributed by atoms with Crippen LogP contribution in [0.5, 0.6) is 0 Å². The highest BCUT2D eigenvalue weighted by Gasteiger charge is 2.11. The molecule has 90 valence electrons. The largest absolute Gasteiger partial charge is 0.351 e. The summed E-state index contributed by atoms with van der Waals surface area (Å²) in [6.07, 6.45) is 1.76. The molecule has 1 amide bonds. The van der Waals surface area contributed by atoms with Crippen molar-refractivity contribution >= 4 is 33.2 Å². The summed E-state index contributed by atoms with van der Waals surface area (Å²) < 4.78 is 1.07. The van der Waals surface area contributed by atoms with Gasteiger partial charge < -0.3 is 11.1 Å². The van der Waals surface area contributed by atoms with Crippen molar-refractivity contribution in [2.24, 2.45) is 11.7 Å². The van der Waals surface area contributed by atoms with E-state index in [-0.39, 0.29) is 11.8 Å². The van der Waals surface area contributed by atoms with E-state index in [1.165, 1.54) is 0 Å². The number of halogens is 1. The minimum absolute atomic E-state index is 0.0481. The van der Waals surface area contributed by atoms with Gasteiger partial charge in [0, 0.05) is 20.6 Å². The molecule has 16 heavy (non-hydrogen) atoms. The number of nitrogens with one attached hydrogen (secondary N) is 1. The number of thiophene rings is 1. The van der Waals surface area contributed by atoms with Gasteiger partial charge in [-0.3, -0.25) is 4.79 Å². The molecule has 3 nitrogen and oxygen atoms in total. The Kier molecular flexibility index (Phi) is 6.01. The Morgan fingerprint density at radius 2 is 2.44 bits per heavy atom. The van der Waals surface area contributed by atoms with Crippen LogP contribution in [0.15, 0.2) is 15.9 Å². The van der Waals surface area contributed by atoms with Gasteiger partial charge in [0.2, 0.25) is 5.91 Å². The molecule has 0 radical (unpaired) electrons. The van der Waals surface area contributed by atoms with Crippen LogP contribution in [0.3, 0.4) is 0 Å². The number of rotatable bonds is 6. The van der Waals surface area contributed by atoms with Crippen LogP contribution in [0.4, 0.5) is 0 Å². The van der Waals surface area contributed by atoms with Gasteiger partial charge in [-0.2, -0.15) is 0 Å². The lowest BCUT2D eigenvalue weighted by atomic mass is 10.1. The summed E-state index contributed by atoms with van der Waals surface area (Å²) in [4.78, 5) is 12.8. The smallest absolute Gasteiger partial charge is 0.223 e. The maximum Gasteiger partial charge on any atom is 0.223 e. The molecule has 1 heterocycles. The van der Waals surface area contributed by atoms with Gasteiger partial charge >= 0.3 is 0 Å². The van der Waals surface area contributed by atoms with E-state index in [4.69, 9.17) is 5.73 Å². The van der Waals surface area contributed by atoms with Crippen LogP contribution < -0.4 is 11.1 Å². The zero-order valence-corrected chi connectivity index (χ0v) is 11.7. The molecule has 1 rings (SSSR count). The van der Waals surface area contributed by atoms with Crippen molar-refractivity contribution in [3.05, 3.63) is 20.8 Å². The molecule has 1 aromatic rings. The fourth-order valence-corrected chi connectivity index (χ4v) is 2.74. The van der Waals surface area contributed by atoms with Crippen molar-refractivity contribution in [2.75, 3.05) is 6.54 Å². The Morgan fingerprint density at radius 1 is 1.69 bits per heavy atom. The molecule has 0 aliphatic rings. The fourth-order valence-electron chi connectivity index (χ4n) is 1.35. The van der Waals surface area contributed by atoms with Gasteiger partial charge in [0.25, 0.3) is 0 Å². The van der Waals surface area contributed by atoms with Crippen LogP contribution in [0.1, 0.15) is 24.6 Å². The first-order chi connectivity index (χ1) is 7.63. The van der Waals surface area contributed by atoms with Crippen molar-refractivity contribution < 1.29 is 4.79 Å². The van der Waals surface area contributed by atoms with E-state index in [1.54, 1.807) is 11.3 Å². The summed E-state index contributed by atoms with van der Waals surface area (Å²) in [7, 11) is 0. The first-order valence-corrected chi connectivity index (χ1v) is 7.01. The van der Waals surface area contributed by atoms with E-state index in [9.17, 15) is 4.79 Å². The molecule has 0 spiro atoms. The second-order valence-corrected chi connectivity index (χ2v) is 5.69. The number of carbonyl (C=O) groups is 1. The summed E-state index contributed by atoms with van der Waals surface area (Å²) in [5.41, 5.74) is 5.41. The maximum atomic E-state index is 11.7. The normalized spacial score (nSPS) is 12.4. The second kappa shape index (κ2) is 7.04. The number of hydrogen-bond donors (Lipinski definition) is 2. The van der Waals surface area contributed by atoms with Crippen LogP contribution >= 0.6 is 27.3 Å². The van der Waals surface area contributed by atoms with Crippen LogP contribution in [-0.4, -0.2) is 12.5 Å². The van der Waals surface area contributed by atoms with Crippen molar-refractivity contribution in [3.8, 4) is 0 Å². The molecule has 1 unspecified atom stereocenters. The zero-order valence-electron chi connectivity index (χ0n) is 9.33. The van der Waals surface area contributed by atoms with E-state index in [0.29, 0.717) is 13.1 Å². The summed E-state index contributed by atoms with van der Waals surface area (Å²) in [5.74, 6) is 0.157. The molecule has 0 aliphatic heterocycles. The summed E-state index contributed by atoms with van der Waals surface area (Å²) in [6, 6.07) is 2.02. The molecule has 0 saturated heterocycles. The van der Waals surface area contributed by atoms with Crippen LogP contribution in [0.25, 0.3) is 0 Å². The fraction of sp³-hybridized carbons (Fsp3) is 0.545. The topological polar surface area (TPSA) is 55.1 Å². The molecule has 0 aromatic carbocycles. The van der Waals surface area contributed by atoms with E-state index < -0.39 is 0 Å². The number of carbonyl (C=O) groups excluding carboxylic acids is 1. The molecule has 0 bridgehead atoms. The second-order valence-electron chi connectivity index (χ2n) is 3.78. The maximum absolute atomic E-state index is 11.7. The van der Waals surface area contributed by atoms with Gasteiger partial charge in [0.15, 0.2) is 0 Å². The van der Waals surface area contributed by atoms with Gasteiger partial charge in [0.05, 0.1) is 6.54 Å². The van der Waals surface area contributed by atoms with Gasteiger partial charge in [-0.05, 0) is 41.4 Å². The highest BCUT2D eigenvalue weighted by atomic mass is 79.9. The Labute approximate surface area is 109 Å². The summed E-state index contributed by atoms with van der Waals surface area (Å²) in [5, 5.41) is 4.94. The van der Waals surface area contributed by atoms with Crippen molar-refractivity contribution in [1.29, 1.82) is 0 Å². The molecular weight excluding hydrogens is 288 g/mol. The first-order valence-electron chi connectivity index (χ1n) is 5.34. The zero-order chi connectivity index (χ0) is 12.0. The predicted molar refractivity (Wildman–Crippen MR) is 71.3 cm³/mol. The average molecular weight is 305 g/mol. The third kappa shape index (κ3) is 4.63. The minimum Gasteiger partial charge on any atom is -0.351 e. The highest BCUT2D eigenvalue weighted by molar-refractivity contribution is 9.10. The minimum atomic E-state index is 0.0481. The quantitative estimate of drug-likeness (QED) is 0.848. The standard InChI is InChI=1S/C11H17BrN2OS/c1-8(3-2-4-13)11(15)14-6-10-5-9(12)7-16-10/h5,7-8H,2-4,6,13H2,1H3,(H,14,15). The van der Waals surface area contributed by atoms with Crippen molar-refractivity contribution in [3.63, 3.8) is 0 Å². The molecule has 0 saturated carbocycles. The lowest BCUT2D eigenvalue weighted by Crippen LogP contribution is -2.28. The lowest BCUT2D eigenvalue weighted by Gasteiger charge is -2.10. The molecule has 3 N–H and O–H groups in total. The molecule has 1 atom stereocenters. The van der Waals surface area contributed by atoms with Crippen LogP contribution in [0, 0.1) is 5.92 Å². The third-order valence-electron chi connectivity index (χ3n) is 2.35. The Balaban J connectivity index is 2.29.